The highest BCUT2D eigenvalue weighted by atomic mass is 32.1. The molecule has 0 aliphatic carbocycles. The van der Waals surface area contributed by atoms with Crippen LogP contribution in [0.2, 0.25) is 0 Å². The number of carboxylic acids is 1. The Kier molecular flexibility index (Phi) is 2.86. The Morgan fingerprint density at radius 3 is 3.07 bits per heavy atom. The molecule has 2 heterocycles. The van der Waals surface area contributed by atoms with E-state index in [4.69, 9.17) is 5.11 Å². The molecule has 1 N–H and O–H groups in total. The number of piperidine rings is 1. The van der Waals surface area contributed by atoms with Crippen LogP contribution in [0.25, 0.3) is 0 Å². The number of aliphatic carboxylic acids is 1. The first-order valence-electron chi connectivity index (χ1n) is 4.91. The van der Waals surface area contributed by atoms with Crippen LogP contribution in [-0.4, -0.2) is 33.5 Å². The highest BCUT2D eigenvalue weighted by Crippen LogP contribution is 2.26. The molecule has 1 aliphatic heterocycles. The smallest absolute Gasteiger partial charge is 0.308 e. The quantitative estimate of drug-likeness (QED) is 0.819. The van der Waals surface area contributed by atoms with Crippen LogP contribution in [-0.2, 0) is 4.79 Å². The normalized spacial score (nSPS) is 26.6. The first-order valence-corrected chi connectivity index (χ1v) is 5.68. The predicted molar refractivity (Wildman–Crippen MR) is 57.0 cm³/mol. The van der Waals surface area contributed by atoms with Gasteiger partial charge in [0.2, 0.25) is 5.13 Å². The Morgan fingerprint density at radius 1 is 1.67 bits per heavy atom. The number of aromatic nitrogens is 2. The summed E-state index contributed by atoms with van der Waals surface area (Å²) in [5, 5.41) is 9.84. The van der Waals surface area contributed by atoms with Crippen molar-refractivity contribution in [3.8, 4) is 0 Å². The lowest BCUT2D eigenvalue weighted by Gasteiger charge is -2.34. The van der Waals surface area contributed by atoms with Crippen molar-refractivity contribution in [2.24, 2.45) is 11.8 Å². The van der Waals surface area contributed by atoms with Gasteiger partial charge in [-0.25, -0.2) is 4.98 Å². The molecule has 2 atom stereocenters. The molecule has 1 aromatic rings. The maximum atomic E-state index is 11.0. The van der Waals surface area contributed by atoms with Crippen molar-refractivity contribution in [2.75, 3.05) is 18.0 Å². The lowest BCUT2D eigenvalue weighted by Crippen LogP contribution is -2.42. The maximum Gasteiger partial charge on any atom is 0.308 e. The van der Waals surface area contributed by atoms with Gasteiger partial charge in [-0.05, 0) is 12.3 Å². The van der Waals surface area contributed by atoms with Crippen molar-refractivity contribution in [1.29, 1.82) is 0 Å². The molecule has 82 valence electrons. The first kappa shape index (κ1) is 10.4. The monoisotopic (exact) mass is 227 g/mol. The summed E-state index contributed by atoms with van der Waals surface area (Å²) in [6.45, 7) is 3.50. The van der Waals surface area contributed by atoms with Gasteiger partial charge in [0, 0.05) is 24.6 Å². The van der Waals surface area contributed by atoms with Gasteiger partial charge in [-0.3, -0.25) is 4.79 Å². The molecule has 0 bridgehead atoms. The van der Waals surface area contributed by atoms with Crippen LogP contribution in [0.3, 0.4) is 0 Å². The second kappa shape index (κ2) is 4.14. The van der Waals surface area contributed by atoms with E-state index < -0.39 is 5.97 Å². The van der Waals surface area contributed by atoms with Crippen molar-refractivity contribution in [2.45, 2.75) is 13.3 Å². The largest absolute Gasteiger partial charge is 0.481 e. The van der Waals surface area contributed by atoms with E-state index >= 15 is 0 Å². The molecule has 0 spiro atoms. The number of nitrogens with zero attached hydrogens (tertiary/aromatic N) is 3. The molecule has 1 fully saturated rings. The Bertz CT molecular complexity index is 341. The van der Waals surface area contributed by atoms with Crippen molar-refractivity contribution in [3.05, 3.63) is 6.33 Å². The number of hydrogen-bond donors (Lipinski definition) is 1. The molecular weight excluding hydrogens is 214 g/mol. The Hall–Kier alpha value is -1.17. The van der Waals surface area contributed by atoms with Crippen LogP contribution in [0.15, 0.2) is 6.33 Å². The van der Waals surface area contributed by atoms with Crippen LogP contribution < -0.4 is 4.90 Å². The van der Waals surface area contributed by atoms with Crippen molar-refractivity contribution in [3.63, 3.8) is 0 Å². The molecule has 1 aromatic heterocycles. The van der Waals surface area contributed by atoms with Gasteiger partial charge >= 0.3 is 5.97 Å². The predicted octanol–water partition coefficient (Wildman–Crippen LogP) is 1.09. The minimum atomic E-state index is -0.712. The van der Waals surface area contributed by atoms with Crippen molar-refractivity contribution < 1.29 is 9.90 Å². The number of carbonyl (C=O) groups is 1. The van der Waals surface area contributed by atoms with Crippen LogP contribution in [0.5, 0.6) is 0 Å². The fourth-order valence-electron chi connectivity index (χ4n) is 1.99. The fraction of sp³-hybridized carbons (Fsp3) is 0.667. The van der Waals surface area contributed by atoms with Gasteiger partial charge in [0.1, 0.15) is 6.33 Å². The summed E-state index contributed by atoms with van der Waals surface area (Å²) in [7, 11) is 0. The van der Waals surface area contributed by atoms with Gasteiger partial charge < -0.3 is 10.0 Å². The van der Waals surface area contributed by atoms with E-state index in [9.17, 15) is 4.79 Å². The number of anilines is 1. The summed E-state index contributed by atoms with van der Waals surface area (Å²) in [5.74, 6) is -0.600. The number of hydrogen-bond acceptors (Lipinski definition) is 5. The van der Waals surface area contributed by atoms with Crippen molar-refractivity contribution >= 4 is 22.6 Å². The summed E-state index contributed by atoms with van der Waals surface area (Å²) < 4.78 is 3.93. The minimum absolute atomic E-state index is 0.280. The van der Waals surface area contributed by atoms with Crippen molar-refractivity contribution in [1.82, 2.24) is 9.36 Å². The summed E-state index contributed by atoms with van der Waals surface area (Å²) in [5.41, 5.74) is 0. The third-order valence-electron chi connectivity index (χ3n) is 2.63. The summed E-state index contributed by atoms with van der Waals surface area (Å²) in [6, 6.07) is 0. The highest BCUT2D eigenvalue weighted by molar-refractivity contribution is 7.09. The molecule has 1 saturated heterocycles. The number of carboxylic acid groups (broad SMARTS) is 1. The Morgan fingerprint density at radius 2 is 2.47 bits per heavy atom. The van der Waals surface area contributed by atoms with E-state index in [0.29, 0.717) is 12.5 Å². The maximum absolute atomic E-state index is 11.0. The second-order valence-corrected chi connectivity index (χ2v) is 4.76. The fourth-order valence-corrected chi connectivity index (χ4v) is 2.54. The third-order valence-corrected chi connectivity index (χ3v) is 3.36. The molecule has 1 aliphatic rings. The van der Waals surface area contributed by atoms with Gasteiger partial charge in [0.25, 0.3) is 0 Å². The van der Waals surface area contributed by atoms with E-state index in [2.05, 4.69) is 16.3 Å². The van der Waals surface area contributed by atoms with E-state index in [0.717, 1.165) is 18.1 Å². The molecule has 0 saturated carbocycles. The second-order valence-electron chi connectivity index (χ2n) is 4.00. The van der Waals surface area contributed by atoms with Gasteiger partial charge in [0.15, 0.2) is 0 Å². The minimum Gasteiger partial charge on any atom is -0.481 e. The molecule has 2 rings (SSSR count). The summed E-state index contributed by atoms with van der Waals surface area (Å²) >= 11 is 1.32. The average molecular weight is 227 g/mol. The van der Waals surface area contributed by atoms with E-state index in [-0.39, 0.29) is 5.92 Å². The lowest BCUT2D eigenvalue weighted by molar-refractivity contribution is -0.142. The SMILES string of the molecule is CC1CC(C(=O)O)CN(c2ncns2)C1. The van der Waals surface area contributed by atoms with Crippen LogP contribution >= 0.6 is 11.5 Å². The Balaban J connectivity index is 2.10. The zero-order valence-electron chi connectivity index (χ0n) is 8.46. The molecule has 15 heavy (non-hydrogen) atoms. The summed E-state index contributed by atoms with van der Waals surface area (Å²) in [6.07, 6.45) is 2.26. The van der Waals surface area contributed by atoms with Gasteiger partial charge in [-0.2, -0.15) is 4.37 Å². The topological polar surface area (TPSA) is 66.3 Å². The first-order chi connectivity index (χ1) is 7.16. The third kappa shape index (κ3) is 2.26. The zero-order valence-corrected chi connectivity index (χ0v) is 9.28. The molecular formula is C9H13N3O2S. The average Bonchev–Trinajstić information content (AvgIpc) is 2.69. The standard InChI is InChI=1S/C9H13N3O2S/c1-6-2-7(8(13)14)4-12(3-6)9-10-5-11-15-9/h5-7H,2-4H2,1H3,(H,13,14). The molecule has 5 nitrogen and oxygen atoms in total. The van der Waals surface area contributed by atoms with Crippen LogP contribution in [0, 0.1) is 11.8 Å². The molecule has 0 aromatic carbocycles. The lowest BCUT2D eigenvalue weighted by atomic mass is 9.91. The van der Waals surface area contributed by atoms with Gasteiger partial charge in [-0.15, -0.1) is 0 Å². The highest BCUT2D eigenvalue weighted by Gasteiger charge is 2.30. The van der Waals surface area contributed by atoms with Gasteiger partial charge in [-0.1, -0.05) is 6.92 Å². The zero-order chi connectivity index (χ0) is 10.8. The number of rotatable bonds is 2. The van der Waals surface area contributed by atoms with Gasteiger partial charge in [0.05, 0.1) is 5.92 Å². The van der Waals surface area contributed by atoms with Crippen LogP contribution in [0.1, 0.15) is 13.3 Å². The Labute approximate surface area is 91.9 Å². The van der Waals surface area contributed by atoms with E-state index in [1.54, 1.807) is 0 Å². The summed E-state index contributed by atoms with van der Waals surface area (Å²) in [4.78, 5) is 17.1. The molecule has 6 heteroatoms. The molecule has 0 radical (unpaired) electrons. The van der Waals surface area contributed by atoms with E-state index in [1.165, 1.54) is 17.9 Å². The molecule has 2 unspecified atom stereocenters. The van der Waals surface area contributed by atoms with Crippen LogP contribution in [0.4, 0.5) is 5.13 Å². The van der Waals surface area contributed by atoms with E-state index in [1.807, 2.05) is 4.90 Å². The molecule has 0 amide bonds.